The molecule has 1 aliphatic heterocycles. The van der Waals surface area contributed by atoms with Gasteiger partial charge in [-0.2, -0.15) is 11.8 Å². The van der Waals surface area contributed by atoms with E-state index in [2.05, 4.69) is 31.0 Å². The molecule has 1 N–H and O–H groups in total. The Balaban J connectivity index is 1.81. The number of fused-ring (bicyclic) bond motifs is 1. The monoisotopic (exact) mass is 265 g/mol. The normalized spacial score (nSPS) is 14.5. The smallest absolute Gasteiger partial charge is 0.231 e. The van der Waals surface area contributed by atoms with Crippen LogP contribution in [0.15, 0.2) is 30.9 Å². The summed E-state index contributed by atoms with van der Waals surface area (Å²) in [6.07, 6.45) is 1.94. The number of rotatable bonds is 7. The first-order valence-corrected chi connectivity index (χ1v) is 7.28. The van der Waals surface area contributed by atoms with Gasteiger partial charge < -0.3 is 14.8 Å². The summed E-state index contributed by atoms with van der Waals surface area (Å²) < 4.78 is 10.7. The molecule has 4 heteroatoms. The van der Waals surface area contributed by atoms with Crippen molar-refractivity contribution in [3.05, 3.63) is 36.4 Å². The van der Waals surface area contributed by atoms with Crippen molar-refractivity contribution in [1.29, 1.82) is 0 Å². The van der Waals surface area contributed by atoms with E-state index in [9.17, 15) is 0 Å². The second kappa shape index (κ2) is 6.71. The Labute approximate surface area is 113 Å². The first-order valence-electron chi connectivity index (χ1n) is 6.13. The van der Waals surface area contributed by atoms with Crippen LogP contribution in [-0.4, -0.2) is 24.8 Å². The van der Waals surface area contributed by atoms with E-state index in [0.717, 1.165) is 29.5 Å². The molecule has 0 radical (unpaired) electrons. The minimum atomic E-state index is 0.323. The summed E-state index contributed by atoms with van der Waals surface area (Å²) in [5.41, 5.74) is 1.23. The van der Waals surface area contributed by atoms with Gasteiger partial charge in [-0.1, -0.05) is 12.1 Å². The van der Waals surface area contributed by atoms with Crippen LogP contribution in [0.4, 0.5) is 0 Å². The van der Waals surface area contributed by atoms with E-state index in [-0.39, 0.29) is 0 Å². The molecule has 0 bridgehead atoms. The third-order valence-electron chi connectivity index (χ3n) is 2.83. The van der Waals surface area contributed by atoms with Gasteiger partial charge in [-0.05, 0) is 24.6 Å². The molecule has 0 fully saturated rings. The zero-order valence-corrected chi connectivity index (χ0v) is 11.5. The molecule has 1 heterocycles. The lowest BCUT2D eigenvalue weighted by Gasteiger charge is -2.14. The summed E-state index contributed by atoms with van der Waals surface area (Å²) >= 11 is 1.89. The third-order valence-corrected chi connectivity index (χ3v) is 3.79. The fraction of sp³-hybridized carbons (Fsp3) is 0.429. The lowest BCUT2D eigenvalue weighted by Crippen LogP contribution is -2.21. The minimum Gasteiger partial charge on any atom is -0.454 e. The molecule has 0 spiro atoms. The maximum absolute atomic E-state index is 5.38. The van der Waals surface area contributed by atoms with Crippen LogP contribution in [0.3, 0.4) is 0 Å². The van der Waals surface area contributed by atoms with Crippen molar-refractivity contribution in [3.8, 4) is 11.5 Å². The van der Waals surface area contributed by atoms with Crippen molar-refractivity contribution in [1.82, 2.24) is 5.32 Å². The predicted octanol–water partition coefficient (Wildman–Crippen LogP) is 2.99. The van der Waals surface area contributed by atoms with Gasteiger partial charge in [0.05, 0.1) is 0 Å². The van der Waals surface area contributed by atoms with Gasteiger partial charge in [0.15, 0.2) is 11.5 Å². The molecule has 1 unspecified atom stereocenters. The molecule has 1 aromatic rings. The maximum Gasteiger partial charge on any atom is 0.231 e. The first-order chi connectivity index (χ1) is 8.81. The van der Waals surface area contributed by atoms with Crippen LogP contribution in [0, 0.1) is 0 Å². The summed E-state index contributed by atoms with van der Waals surface area (Å²) in [5, 5.41) is 3.50. The highest BCUT2D eigenvalue weighted by atomic mass is 32.2. The van der Waals surface area contributed by atoms with Gasteiger partial charge in [0, 0.05) is 24.1 Å². The predicted molar refractivity (Wildman–Crippen MR) is 76.5 cm³/mol. The fourth-order valence-corrected chi connectivity index (χ4v) is 2.41. The highest BCUT2D eigenvalue weighted by Crippen LogP contribution is 2.34. The Hall–Kier alpha value is -1.13. The van der Waals surface area contributed by atoms with Gasteiger partial charge in [0.25, 0.3) is 0 Å². The summed E-state index contributed by atoms with van der Waals surface area (Å²) in [4.78, 5) is 0. The number of thioether (sulfide) groups is 1. The molecule has 1 aliphatic rings. The van der Waals surface area contributed by atoms with Crippen molar-refractivity contribution in [2.45, 2.75) is 13.0 Å². The van der Waals surface area contributed by atoms with Crippen molar-refractivity contribution in [2.75, 3.05) is 24.8 Å². The van der Waals surface area contributed by atoms with Crippen LogP contribution < -0.4 is 14.8 Å². The van der Waals surface area contributed by atoms with E-state index in [1.54, 1.807) is 0 Å². The van der Waals surface area contributed by atoms with E-state index in [4.69, 9.17) is 9.47 Å². The van der Waals surface area contributed by atoms with E-state index in [0.29, 0.717) is 12.8 Å². The molecule has 3 nitrogen and oxygen atoms in total. The Morgan fingerprint density at radius 1 is 1.44 bits per heavy atom. The number of hydrogen-bond acceptors (Lipinski definition) is 4. The molecular weight excluding hydrogens is 246 g/mol. The van der Waals surface area contributed by atoms with Crippen LogP contribution in [-0.2, 0) is 0 Å². The topological polar surface area (TPSA) is 30.5 Å². The van der Waals surface area contributed by atoms with Crippen LogP contribution in [0.2, 0.25) is 0 Å². The van der Waals surface area contributed by atoms with Crippen LogP contribution in [0.1, 0.15) is 18.5 Å². The lowest BCUT2D eigenvalue weighted by atomic mass is 10.1. The SMILES string of the molecule is C=CCSCCNC(C)c1ccc2c(c1)OCO2. The molecule has 98 valence electrons. The van der Waals surface area contributed by atoms with Crippen molar-refractivity contribution < 1.29 is 9.47 Å². The summed E-state index contributed by atoms with van der Waals surface area (Å²) in [5.74, 6) is 3.80. The molecule has 1 atom stereocenters. The Morgan fingerprint density at radius 2 is 2.28 bits per heavy atom. The molecule has 0 saturated carbocycles. The van der Waals surface area contributed by atoms with E-state index in [1.165, 1.54) is 5.56 Å². The largest absolute Gasteiger partial charge is 0.454 e. The molecule has 0 aromatic heterocycles. The third kappa shape index (κ3) is 3.43. The highest BCUT2D eigenvalue weighted by Gasteiger charge is 2.15. The molecular formula is C14H19NO2S. The van der Waals surface area contributed by atoms with E-state index < -0.39 is 0 Å². The van der Waals surface area contributed by atoms with Crippen LogP contribution in [0.25, 0.3) is 0 Å². The van der Waals surface area contributed by atoms with Gasteiger partial charge in [0.1, 0.15) is 0 Å². The highest BCUT2D eigenvalue weighted by molar-refractivity contribution is 7.99. The molecule has 1 aromatic carbocycles. The van der Waals surface area contributed by atoms with Crippen LogP contribution in [0.5, 0.6) is 11.5 Å². The summed E-state index contributed by atoms with van der Waals surface area (Å²) in [6.45, 7) is 7.20. The Kier molecular flexibility index (Phi) is 4.96. The molecule has 0 saturated heterocycles. The summed E-state index contributed by atoms with van der Waals surface area (Å²) in [6, 6.07) is 6.44. The molecule has 2 rings (SSSR count). The van der Waals surface area contributed by atoms with Gasteiger partial charge in [-0.15, -0.1) is 6.58 Å². The average molecular weight is 265 g/mol. The zero-order chi connectivity index (χ0) is 12.8. The molecule has 0 amide bonds. The minimum absolute atomic E-state index is 0.323. The van der Waals surface area contributed by atoms with Gasteiger partial charge >= 0.3 is 0 Å². The first kappa shape index (κ1) is 13.3. The standard InChI is InChI=1S/C14H19NO2S/c1-3-7-18-8-6-15-11(2)12-4-5-13-14(9-12)17-10-16-13/h3-5,9,11,15H,1,6-8,10H2,2H3. The Morgan fingerprint density at radius 3 is 3.11 bits per heavy atom. The van der Waals surface area contributed by atoms with Crippen molar-refractivity contribution >= 4 is 11.8 Å². The number of hydrogen-bond donors (Lipinski definition) is 1. The van der Waals surface area contributed by atoms with Crippen molar-refractivity contribution in [3.63, 3.8) is 0 Å². The van der Waals surface area contributed by atoms with Crippen LogP contribution >= 0.6 is 11.8 Å². The number of benzene rings is 1. The zero-order valence-electron chi connectivity index (χ0n) is 10.6. The van der Waals surface area contributed by atoms with E-state index >= 15 is 0 Å². The van der Waals surface area contributed by atoms with E-state index in [1.807, 2.05) is 23.9 Å². The molecule has 18 heavy (non-hydrogen) atoms. The lowest BCUT2D eigenvalue weighted by molar-refractivity contribution is 0.174. The van der Waals surface area contributed by atoms with Crippen molar-refractivity contribution in [2.24, 2.45) is 0 Å². The number of nitrogens with one attached hydrogen (secondary N) is 1. The van der Waals surface area contributed by atoms with Gasteiger partial charge in [0.2, 0.25) is 6.79 Å². The second-order valence-electron chi connectivity index (χ2n) is 4.15. The molecule has 0 aliphatic carbocycles. The maximum atomic E-state index is 5.38. The number of ether oxygens (including phenoxy) is 2. The van der Waals surface area contributed by atoms with Gasteiger partial charge in [-0.3, -0.25) is 0 Å². The average Bonchev–Trinajstić information content (AvgIpc) is 2.85. The second-order valence-corrected chi connectivity index (χ2v) is 5.30. The summed E-state index contributed by atoms with van der Waals surface area (Å²) in [7, 11) is 0. The van der Waals surface area contributed by atoms with Gasteiger partial charge in [-0.25, -0.2) is 0 Å². The Bertz CT molecular complexity index is 409. The fourth-order valence-electron chi connectivity index (χ4n) is 1.81. The quantitative estimate of drug-likeness (QED) is 0.606.